The third-order valence-corrected chi connectivity index (χ3v) is 4.13. The summed E-state index contributed by atoms with van der Waals surface area (Å²) in [5.41, 5.74) is 9.27. The van der Waals surface area contributed by atoms with Gasteiger partial charge in [-0.2, -0.15) is 0 Å². The van der Waals surface area contributed by atoms with E-state index in [0.29, 0.717) is 10.4 Å². The molecule has 1 fully saturated rings. The number of aromatic nitrogens is 1. The Morgan fingerprint density at radius 1 is 1.50 bits per heavy atom. The van der Waals surface area contributed by atoms with Gasteiger partial charge in [0.15, 0.2) is 0 Å². The second kappa shape index (κ2) is 4.84. The zero-order chi connectivity index (χ0) is 13.3. The molecule has 0 aliphatic heterocycles. The summed E-state index contributed by atoms with van der Waals surface area (Å²) in [6.07, 6.45) is 3.83. The zero-order valence-electron chi connectivity index (χ0n) is 11.3. The summed E-state index contributed by atoms with van der Waals surface area (Å²) >= 11 is 5.13. The Labute approximate surface area is 114 Å². The largest absolute Gasteiger partial charge is 0.389 e. The number of nitrogens with one attached hydrogen (secondary N) is 1. The van der Waals surface area contributed by atoms with Crippen LogP contribution in [0.4, 0.5) is 5.82 Å². The van der Waals surface area contributed by atoms with Gasteiger partial charge in [0, 0.05) is 12.2 Å². The number of hydrogen-bond donors (Lipinski definition) is 2. The van der Waals surface area contributed by atoms with Crippen molar-refractivity contribution in [2.24, 2.45) is 11.1 Å². The fourth-order valence-corrected chi connectivity index (χ4v) is 2.64. The Balaban J connectivity index is 2.23. The van der Waals surface area contributed by atoms with E-state index in [-0.39, 0.29) is 0 Å². The van der Waals surface area contributed by atoms with Crippen LogP contribution in [0, 0.1) is 19.3 Å². The van der Waals surface area contributed by atoms with Crippen LogP contribution in [-0.2, 0) is 0 Å². The number of hydrogen-bond acceptors (Lipinski definition) is 3. The van der Waals surface area contributed by atoms with Gasteiger partial charge in [0.05, 0.1) is 5.56 Å². The smallest absolute Gasteiger partial charge is 0.136 e. The molecule has 4 heteroatoms. The molecule has 1 aliphatic carbocycles. The van der Waals surface area contributed by atoms with Gasteiger partial charge in [0.2, 0.25) is 0 Å². The van der Waals surface area contributed by atoms with E-state index in [2.05, 4.69) is 17.2 Å². The summed E-state index contributed by atoms with van der Waals surface area (Å²) in [5, 5.41) is 3.45. The van der Waals surface area contributed by atoms with Crippen molar-refractivity contribution >= 4 is 23.0 Å². The van der Waals surface area contributed by atoms with E-state index in [0.717, 1.165) is 29.2 Å². The second-order valence-electron chi connectivity index (χ2n) is 5.38. The molecule has 3 nitrogen and oxygen atoms in total. The molecule has 0 amide bonds. The number of rotatable bonds is 5. The summed E-state index contributed by atoms with van der Waals surface area (Å²) in [6.45, 7) is 7.24. The van der Waals surface area contributed by atoms with E-state index in [9.17, 15) is 0 Å². The van der Waals surface area contributed by atoms with Crippen LogP contribution in [0.3, 0.4) is 0 Å². The lowest BCUT2D eigenvalue weighted by Gasteiger charge is -2.17. The van der Waals surface area contributed by atoms with Crippen LogP contribution in [0.15, 0.2) is 6.07 Å². The third kappa shape index (κ3) is 2.64. The fraction of sp³-hybridized carbons (Fsp3) is 0.571. The molecule has 0 spiro atoms. The molecule has 0 unspecified atom stereocenters. The maximum atomic E-state index is 5.80. The first kappa shape index (κ1) is 13.3. The summed E-state index contributed by atoms with van der Waals surface area (Å²) in [5.74, 6) is 0.847. The van der Waals surface area contributed by atoms with E-state index < -0.39 is 0 Å². The molecule has 0 atom stereocenters. The van der Waals surface area contributed by atoms with E-state index in [1.54, 1.807) is 0 Å². The van der Waals surface area contributed by atoms with Gasteiger partial charge in [-0.05, 0) is 50.2 Å². The highest BCUT2D eigenvalue weighted by atomic mass is 32.1. The van der Waals surface area contributed by atoms with Gasteiger partial charge >= 0.3 is 0 Å². The Morgan fingerprint density at radius 2 is 2.17 bits per heavy atom. The highest BCUT2D eigenvalue weighted by molar-refractivity contribution is 7.80. The van der Waals surface area contributed by atoms with Crippen molar-refractivity contribution in [3.05, 3.63) is 22.9 Å². The summed E-state index contributed by atoms with van der Waals surface area (Å²) in [7, 11) is 0. The first-order valence-corrected chi connectivity index (χ1v) is 6.90. The Kier molecular flexibility index (Phi) is 3.57. The SMILES string of the molecule is CCC1(CNc2nc(C)cc(C)c2C(N)=S)CC1. The van der Waals surface area contributed by atoms with Crippen LogP contribution in [0.25, 0.3) is 0 Å². The van der Waals surface area contributed by atoms with Crippen LogP contribution < -0.4 is 11.1 Å². The summed E-state index contributed by atoms with van der Waals surface area (Å²) in [6, 6.07) is 2.02. The highest BCUT2D eigenvalue weighted by Crippen LogP contribution is 2.48. The number of aryl methyl sites for hydroxylation is 2. The van der Waals surface area contributed by atoms with Gasteiger partial charge in [-0.3, -0.25) is 0 Å². The van der Waals surface area contributed by atoms with Gasteiger partial charge in [0.1, 0.15) is 10.8 Å². The topological polar surface area (TPSA) is 50.9 Å². The Morgan fingerprint density at radius 3 is 2.67 bits per heavy atom. The monoisotopic (exact) mass is 263 g/mol. The molecular formula is C14H21N3S. The highest BCUT2D eigenvalue weighted by Gasteiger charge is 2.40. The molecule has 1 saturated carbocycles. The normalized spacial score (nSPS) is 16.4. The number of nitrogens with two attached hydrogens (primary N) is 1. The lowest BCUT2D eigenvalue weighted by atomic mass is 10.0. The van der Waals surface area contributed by atoms with Crippen molar-refractivity contribution in [2.75, 3.05) is 11.9 Å². The summed E-state index contributed by atoms with van der Waals surface area (Å²) in [4.78, 5) is 4.96. The minimum atomic E-state index is 0.420. The maximum absolute atomic E-state index is 5.80. The van der Waals surface area contributed by atoms with Crippen molar-refractivity contribution in [1.82, 2.24) is 4.98 Å². The molecule has 0 saturated heterocycles. The molecule has 1 heterocycles. The standard InChI is InChI=1S/C14H21N3S/c1-4-14(5-6-14)8-16-13-11(12(15)18)9(2)7-10(3)17-13/h7H,4-6,8H2,1-3H3,(H2,15,18)(H,16,17). The molecule has 0 bridgehead atoms. The van der Waals surface area contributed by atoms with Crippen LogP contribution in [-0.4, -0.2) is 16.5 Å². The van der Waals surface area contributed by atoms with Gasteiger partial charge in [0.25, 0.3) is 0 Å². The van der Waals surface area contributed by atoms with Gasteiger partial charge in [-0.25, -0.2) is 4.98 Å². The fourth-order valence-electron chi connectivity index (χ4n) is 2.38. The van der Waals surface area contributed by atoms with Crippen molar-refractivity contribution < 1.29 is 0 Å². The van der Waals surface area contributed by atoms with Crippen molar-refractivity contribution in [3.8, 4) is 0 Å². The van der Waals surface area contributed by atoms with Gasteiger partial charge in [-0.1, -0.05) is 19.1 Å². The van der Waals surface area contributed by atoms with E-state index in [4.69, 9.17) is 18.0 Å². The van der Waals surface area contributed by atoms with Crippen LogP contribution >= 0.6 is 12.2 Å². The Hall–Kier alpha value is -1.16. The van der Waals surface area contributed by atoms with E-state index >= 15 is 0 Å². The molecule has 3 N–H and O–H groups in total. The number of nitrogens with zero attached hydrogens (tertiary/aromatic N) is 1. The Bertz CT molecular complexity index is 478. The average molecular weight is 263 g/mol. The molecule has 1 aromatic rings. The second-order valence-corrected chi connectivity index (χ2v) is 5.82. The van der Waals surface area contributed by atoms with Gasteiger partial charge in [-0.15, -0.1) is 0 Å². The molecule has 18 heavy (non-hydrogen) atoms. The molecular weight excluding hydrogens is 242 g/mol. The van der Waals surface area contributed by atoms with Crippen molar-refractivity contribution in [1.29, 1.82) is 0 Å². The van der Waals surface area contributed by atoms with E-state index in [1.807, 2.05) is 19.9 Å². The van der Waals surface area contributed by atoms with Crippen LogP contribution in [0.5, 0.6) is 0 Å². The predicted molar refractivity (Wildman–Crippen MR) is 80.0 cm³/mol. The lowest BCUT2D eigenvalue weighted by Crippen LogP contribution is -2.20. The molecule has 2 rings (SSSR count). The third-order valence-electron chi connectivity index (χ3n) is 3.93. The average Bonchev–Trinajstić information content (AvgIpc) is 3.05. The zero-order valence-corrected chi connectivity index (χ0v) is 12.2. The lowest BCUT2D eigenvalue weighted by molar-refractivity contribution is 0.520. The number of pyridine rings is 1. The molecule has 98 valence electrons. The summed E-state index contributed by atoms with van der Waals surface area (Å²) < 4.78 is 0. The van der Waals surface area contributed by atoms with Gasteiger partial charge < -0.3 is 11.1 Å². The first-order chi connectivity index (χ1) is 8.47. The van der Waals surface area contributed by atoms with Crippen LogP contribution in [0.1, 0.15) is 43.0 Å². The van der Waals surface area contributed by atoms with E-state index in [1.165, 1.54) is 19.3 Å². The molecule has 1 aromatic heterocycles. The number of thiocarbonyl (C=S) groups is 1. The number of anilines is 1. The molecule has 1 aliphatic rings. The quantitative estimate of drug-likeness (QED) is 0.802. The first-order valence-electron chi connectivity index (χ1n) is 6.49. The maximum Gasteiger partial charge on any atom is 0.136 e. The minimum Gasteiger partial charge on any atom is -0.389 e. The molecule has 0 radical (unpaired) electrons. The van der Waals surface area contributed by atoms with Crippen LogP contribution in [0.2, 0.25) is 0 Å². The molecule has 0 aromatic carbocycles. The predicted octanol–water partition coefficient (Wildman–Crippen LogP) is 2.93. The van der Waals surface area contributed by atoms with Crippen molar-refractivity contribution in [3.63, 3.8) is 0 Å². The minimum absolute atomic E-state index is 0.420. The van der Waals surface area contributed by atoms with Crippen molar-refractivity contribution in [2.45, 2.75) is 40.0 Å².